The summed E-state index contributed by atoms with van der Waals surface area (Å²) < 4.78 is 137. The molecule has 0 bridgehead atoms. The van der Waals surface area contributed by atoms with E-state index in [2.05, 4.69) is 36.3 Å². The van der Waals surface area contributed by atoms with Crippen molar-refractivity contribution in [2.75, 3.05) is 10.7 Å². The normalized spacial score (nSPS) is 14.3. The Kier molecular flexibility index (Phi) is 11.8. The van der Waals surface area contributed by atoms with Gasteiger partial charge in [0.05, 0.1) is 43.1 Å². The summed E-state index contributed by atoms with van der Waals surface area (Å²) in [5, 5.41) is 24.5. The van der Waals surface area contributed by atoms with Gasteiger partial charge in [0.2, 0.25) is 5.78 Å². The molecular formula is C42H29N7O13S4. The van der Waals surface area contributed by atoms with E-state index in [1.54, 1.807) is 30.3 Å². The van der Waals surface area contributed by atoms with Crippen molar-refractivity contribution in [3.05, 3.63) is 149 Å². The number of carbonyl (C=O) groups excluding carboxylic acids is 1. The van der Waals surface area contributed by atoms with Crippen LogP contribution >= 0.6 is 0 Å². The van der Waals surface area contributed by atoms with Crippen molar-refractivity contribution >= 4 is 119 Å². The number of hydrogen-bond acceptors (Lipinski definition) is 16. The van der Waals surface area contributed by atoms with Gasteiger partial charge in [-0.1, -0.05) is 36.4 Å². The molecule has 0 saturated heterocycles. The van der Waals surface area contributed by atoms with E-state index in [0.717, 1.165) is 42.5 Å². The molecule has 1 aliphatic carbocycles. The number of carbonyl (C=O) groups is 1. The minimum Gasteiger partial charge on any atom is -0.356 e. The van der Waals surface area contributed by atoms with Crippen molar-refractivity contribution in [1.82, 2.24) is 0 Å². The number of Topliss-reactive ketones (excluding diaryl/α,β-unsaturated/α-hetero) is 1. The zero-order chi connectivity index (χ0) is 47.2. The number of benzene rings is 7. The number of hydrazone groups is 1. The van der Waals surface area contributed by atoms with Gasteiger partial charge in [0, 0.05) is 38.5 Å². The lowest BCUT2D eigenvalue weighted by molar-refractivity contribution is 0.106. The minimum atomic E-state index is -5.07. The molecule has 1 aliphatic rings. The minimum absolute atomic E-state index is 0.0101. The number of rotatable bonds is 12. The van der Waals surface area contributed by atoms with Crippen LogP contribution in [0.5, 0.6) is 0 Å². The monoisotopic (exact) mass is 967 g/mol. The van der Waals surface area contributed by atoms with E-state index in [0.29, 0.717) is 11.4 Å². The Bertz CT molecular complexity index is 3790. The van der Waals surface area contributed by atoms with Crippen molar-refractivity contribution in [3.8, 4) is 0 Å². The van der Waals surface area contributed by atoms with Crippen LogP contribution in [-0.2, 0) is 40.5 Å². The maximum absolute atomic E-state index is 13.8. The summed E-state index contributed by atoms with van der Waals surface area (Å²) in [6.45, 7) is 0. The molecule has 6 N–H and O–H groups in total. The van der Waals surface area contributed by atoms with Crippen LogP contribution in [0.1, 0.15) is 15.9 Å². The first-order valence-corrected chi connectivity index (χ1v) is 24.4. The summed E-state index contributed by atoms with van der Waals surface area (Å²) in [6.07, 6.45) is 1.07. The third kappa shape index (κ3) is 9.65. The number of ketones is 1. The fourth-order valence-electron chi connectivity index (χ4n) is 6.74. The number of anilines is 3. The molecule has 0 amide bonds. The van der Waals surface area contributed by atoms with Gasteiger partial charge in [-0.2, -0.15) is 43.9 Å². The fourth-order valence-corrected chi connectivity index (χ4v) is 8.93. The van der Waals surface area contributed by atoms with E-state index in [4.69, 9.17) is 0 Å². The number of allylic oxidation sites excluding steroid dienone is 1. The highest BCUT2D eigenvalue weighted by atomic mass is 32.2. The maximum Gasteiger partial charge on any atom is 0.296 e. The van der Waals surface area contributed by atoms with Crippen LogP contribution in [0.2, 0.25) is 0 Å². The second-order valence-corrected chi connectivity index (χ2v) is 19.8. The second kappa shape index (κ2) is 17.2. The highest BCUT2D eigenvalue weighted by Crippen LogP contribution is 2.39. The average Bonchev–Trinajstić information content (AvgIpc) is 3.26. The Morgan fingerprint density at radius 2 is 1.02 bits per heavy atom. The number of nitrogens with zero attached hydrogens (tertiary/aromatic N) is 5. The van der Waals surface area contributed by atoms with E-state index in [1.165, 1.54) is 60.7 Å². The Morgan fingerprint density at radius 3 is 1.64 bits per heavy atom. The standard InChI is InChI=1S/C42H29N7O13S4/c50-42-31-12-9-26(43-25-5-2-1-3-6-25)19-24(31)20-40(66(60,61)62)41(42)49-48-39-18-16-37(33-14-11-30(23-35(33)39)65(57,58)59)46-47-38-17-15-36(32-13-10-29(22-34(32)38)64(54,55)56)45-44-27-7-4-8-28(21-27)63(51,52)53/h1-23,43,48H,(H,51,52,53)(H,54,55,56)(H,57,58,59)(H,60,61,62)/b45-44?,47-46?,49-41-. The predicted octanol–water partition coefficient (Wildman–Crippen LogP) is 9.20. The van der Waals surface area contributed by atoms with E-state index in [9.17, 15) is 56.7 Å². The third-order valence-electron chi connectivity index (χ3n) is 9.82. The molecule has 0 aromatic heterocycles. The number of para-hydroxylation sites is 1. The van der Waals surface area contributed by atoms with Gasteiger partial charge in [-0.15, -0.1) is 15.3 Å². The molecule has 0 aliphatic heterocycles. The van der Waals surface area contributed by atoms with Gasteiger partial charge in [0.15, 0.2) is 5.71 Å². The van der Waals surface area contributed by atoms with Crippen LogP contribution in [-0.4, -0.2) is 63.4 Å². The lowest BCUT2D eigenvalue weighted by Crippen LogP contribution is -2.27. The molecule has 0 radical (unpaired) electrons. The molecule has 24 heteroatoms. The summed E-state index contributed by atoms with van der Waals surface area (Å²) in [5.74, 6) is -0.879. The second-order valence-electron chi connectivity index (χ2n) is 14.2. The number of azo groups is 2. The summed E-state index contributed by atoms with van der Waals surface area (Å²) in [6, 6.07) is 30.9. The molecule has 7 aromatic rings. The highest BCUT2D eigenvalue weighted by Gasteiger charge is 2.33. The van der Waals surface area contributed by atoms with Gasteiger partial charge in [-0.3, -0.25) is 28.4 Å². The van der Waals surface area contributed by atoms with Gasteiger partial charge in [0.1, 0.15) is 4.91 Å². The number of hydrogen-bond donors (Lipinski definition) is 6. The zero-order valence-electron chi connectivity index (χ0n) is 33.1. The van der Waals surface area contributed by atoms with Gasteiger partial charge in [-0.05, 0) is 109 Å². The highest BCUT2D eigenvalue weighted by molar-refractivity contribution is 7.91. The third-order valence-corrected chi connectivity index (χ3v) is 13.2. The summed E-state index contributed by atoms with van der Waals surface area (Å²) >= 11 is 0. The number of fused-ring (bicyclic) bond motifs is 3. The fraction of sp³-hybridized carbons (Fsp3) is 0. The van der Waals surface area contributed by atoms with Crippen LogP contribution in [0.4, 0.5) is 39.8 Å². The smallest absolute Gasteiger partial charge is 0.296 e. The SMILES string of the molecule is O=C1/C(=N\Nc2ccc(N=Nc3ccc(N=Nc4cccc(S(=O)(=O)O)c4)c4ccc(S(=O)(=O)O)cc34)c3ccc(S(=O)(=O)O)cc23)C(S(=O)(=O)O)=Cc2cc(Nc3ccccc3)ccc21. The quantitative estimate of drug-likeness (QED) is 0.0377. The molecule has 8 rings (SSSR count). The molecular weight excluding hydrogens is 939 g/mol. The van der Waals surface area contributed by atoms with E-state index in [1.807, 2.05) is 6.07 Å². The Labute approximate surface area is 374 Å². The first-order valence-electron chi connectivity index (χ1n) is 18.7. The van der Waals surface area contributed by atoms with Crippen LogP contribution in [0, 0.1) is 0 Å². The topological polar surface area (TPSA) is 320 Å². The lowest BCUT2D eigenvalue weighted by atomic mass is 9.94. The lowest BCUT2D eigenvalue weighted by Gasteiger charge is -2.18. The molecule has 0 heterocycles. The van der Waals surface area contributed by atoms with Crippen LogP contribution in [0.3, 0.4) is 0 Å². The zero-order valence-corrected chi connectivity index (χ0v) is 36.4. The van der Waals surface area contributed by atoms with Crippen molar-refractivity contribution in [2.45, 2.75) is 14.7 Å². The molecule has 0 spiro atoms. The van der Waals surface area contributed by atoms with Crippen molar-refractivity contribution in [1.29, 1.82) is 0 Å². The molecule has 334 valence electrons. The van der Waals surface area contributed by atoms with Crippen LogP contribution in [0.15, 0.2) is 179 Å². The largest absolute Gasteiger partial charge is 0.356 e. The van der Waals surface area contributed by atoms with Crippen molar-refractivity contribution in [3.63, 3.8) is 0 Å². The number of nitrogens with one attached hydrogen (secondary N) is 2. The molecule has 20 nitrogen and oxygen atoms in total. The van der Waals surface area contributed by atoms with Crippen LogP contribution < -0.4 is 10.7 Å². The summed E-state index contributed by atoms with van der Waals surface area (Å²) in [4.78, 5) is 11.4. The molecule has 66 heavy (non-hydrogen) atoms. The molecule has 0 saturated carbocycles. The van der Waals surface area contributed by atoms with Gasteiger partial charge in [-0.25, -0.2) is 0 Å². The van der Waals surface area contributed by atoms with Gasteiger partial charge in [0.25, 0.3) is 40.5 Å². The van der Waals surface area contributed by atoms with Crippen molar-refractivity contribution < 1.29 is 56.7 Å². The predicted molar refractivity (Wildman–Crippen MR) is 243 cm³/mol. The Balaban J connectivity index is 1.18. The first-order chi connectivity index (χ1) is 31.1. The Morgan fingerprint density at radius 1 is 0.455 bits per heavy atom. The van der Waals surface area contributed by atoms with Crippen LogP contribution in [0.25, 0.3) is 27.6 Å². The maximum atomic E-state index is 13.8. The van der Waals surface area contributed by atoms with E-state index in [-0.39, 0.29) is 61.1 Å². The van der Waals surface area contributed by atoms with E-state index < -0.39 is 71.6 Å². The molecule has 0 fully saturated rings. The van der Waals surface area contributed by atoms with Crippen molar-refractivity contribution in [2.24, 2.45) is 25.6 Å². The Hall–Kier alpha value is -7.42. The average molecular weight is 968 g/mol. The molecule has 7 aromatic carbocycles. The van der Waals surface area contributed by atoms with Gasteiger partial charge < -0.3 is 5.32 Å². The first kappa shape index (κ1) is 45.2. The summed E-state index contributed by atoms with van der Waals surface area (Å²) in [5.41, 5.74) is 3.55. The molecule has 0 atom stereocenters. The van der Waals surface area contributed by atoms with E-state index >= 15 is 0 Å². The van der Waals surface area contributed by atoms with Gasteiger partial charge >= 0.3 is 0 Å². The summed E-state index contributed by atoms with van der Waals surface area (Å²) in [7, 11) is -19.2. The molecule has 0 unspecified atom stereocenters.